The maximum Gasteiger partial charge on any atom is 0.410 e. The van der Waals surface area contributed by atoms with E-state index in [0.717, 1.165) is 34.5 Å². The summed E-state index contributed by atoms with van der Waals surface area (Å²) in [6.07, 6.45) is 1.12. The Balaban J connectivity index is 1.57. The van der Waals surface area contributed by atoms with Crippen molar-refractivity contribution in [2.75, 3.05) is 31.7 Å². The van der Waals surface area contributed by atoms with Crippen molar-refractivity contribution in [1.82, 2.24) is 4.90 Å². The van der Waals surface area contributed by atoms with Gasteiger partial charge in [-0.3, -0.25) is 4.79 Å². The molecule has 0 N–H and O–H groups in total. The van der Waals surface area contributed by atoms with Gasteiger partial charge in [-0.05, 0) is 74.6 Å². The number of methoxy groups -OCH3 is 1. The van der Waals surface area contributed by atoms with Gasteiger partial charge in [0.05, 0.1) is 19.3 Å². The lowest BCUT2D eigenvalue weighted by molar-refractivity contribution is -0.121. The molecular weight excluding hydrogens is 408 g/mol. The van der Waals surface area contributed by atoms with Gasteiger partial charge in [-0.1, -0.05) is 12.1 Å². The first-order chi connectivity index (χ1) is 15.2. The molecule has 4 rings (SSSR count). The number of fused-ring (bicyclic) bond motifs is 2. The normalized spacial score (nSPS) is 15.9. The van der Waals surface area contributed by atoms with Crippen LogP contribution in [0.25, 0.3) is 0 Å². The lowest BCUT2D eigenvalue weighted by Gasteiger charge is -2.30. The number of anilines is 1. The molecule has 2 aliphatic rings. The predicted octanol–water partition coefficient (Wildman–Crippen LogP) is 3.96. The van der Waals surface area contributed by atoms with E-state index in [4.69, 9.17) is 14.2 Å². The Morgan fingerprint density at radius 3 is 2.50 bits per heavy atom. The summed E-state index contributed by atoms with van der Waals surface area (Å²) in [4.78, 5) is 28.8. The molecule has 0 radical (unpaired) electrons. The molecule has 0 saturated carbocycles. The van der Waals surface area contributed by atoms with E-state index in [-0.39, 0.29) is 18.6 Å². The number of amides is 2. The highest BCUT2D eigenvalue weighted by Crippen LogP contribution is 2.37. The Labute approximate surface area is 188 Å². The van der Waals surface area contributed by atoms with Crippen molar-refractivity contribution in [3.63, 3.8) is 0 Å². The van der Waals surface area contributed by atoms with E-state index in [2.05, 4.69) is 0 Å². The number of carbonyl (C=O) groups is 2. The molecule has 0 unspecified atom stereocenters. The fourth-order valence-electron chi connectivity index (χ4n) is 4.06. The fourth-order valence-corrected chi connectivity index (χ4v) is 4.06. The second-order valence-electron chi connectivity index (χ2n) is 9.18. The molecule has 0 saturated heterocycles. The van der Waals surface area contributed by atoms with Gasteiger partial charge < -0.3 is 24.0 Å². The van der Waals surface area contributed by atoms with Crippen LogP contribution in [0.15, 0.2) is 36.4 Å². The highest BCUT2D eigenvalue weighted by molar-refractivity contribution is 5.98. The maximum absolute atomic E-state index is 12.7. The molecule has 32 heavy (non-hydrogen) atoms. The van der Waals surface area contributed by atoms with E-state index in [0.29, 0.717) is 31.8 Å². The van der Waals surface area contributed by atoms with Crippen LogP contribution < -0.4 is 14.4 Å². The maximum atomic E-state index is 12.7. The highest BCUT2D eigenvalue weighted by Gasteiger charge is 2.29. The van der Waals surface area contributed by atoms with Gasteiger partial charge in [0.1, 0.15) is 17.1 Å². The molecule has 0 aliphatic carbocycles. The van der Waals surface area contributed by atoms with Crippen LogP contribution in [0.1, 0.15) is 37.5 Å². The topological polar surface area (TPSA) is 68.3 Å². The summed E-state index contributed by atoms with van der Waals surface area (Å²) in [5.74, 6) is 1.38. The average molecular weight is 439 g/mol. The quantitative estimate of drug-likeness (QED) is 0.726. The molecule has 0 bridgehead atoms. The third-order valence-electron chi connectivity index (χ3n) is 5.65. The first-order valence-electron chi connectivity index (χ1n) is 10.9. The minimum atomic E-state index is -0.524. The van der Waals surface area contributed by atoms with Crippen molar-refractivity contribution < 1.29 is 23.8 Å². The van der Waals surface area contributed by atoms with Gasteiger partial charge in [0.25, 0.3) is 5.91 Å². The van der Waals surface area contributed by atoms with Crippen LogP contribution in [0, 0.1) is 0 Å². The van der Waals surface area contributed by atoms with E-state index < -0.39 is 5.60 Å². The van der Waals surface area contributed by atoms with Gasteiger partial charge in [0.15, 0.2) is 6.61 Å². The van der Waals surface area contributed by atoms with Crippen molar-refractivity contribution in [3.05, 3.63) is 53.1 Å². The lowest BCUT2D eigenvalue weighted by atomic mass is 10.00. The predicted molar refractivity (Wildman–Crippen MR) is 121 cm³/mol. The molecule has 2 aromatic rings. The SMILES string of the molecule is COc1cccc(CN2C(=O)COc3cc4c(cc32)CCN(C(=O)OC(C)(C)C)CC4)c1. The number of benzene rings is 2. The summed E-state index contributed by atoms with van der Waals surface area (Å²) in [5, 5.41) is 0. The Kier molecular flexibility index (Phi) is 6.00. The van der Waals surface area contributed by atoms with Crippen molar-refractivity contribution in [2.45, 2.75) is 45.8 Å². The number of ether oxygens (including phenoxy) is 3. The minimum Gasteiger partial charge on any atom is -0.497 e. The molecule has 7 heteroatoms. The Hall–Kier alpha value is -3.22. The summed E-state index contributed by atoms with van der Waals surface area (Å²) in [6, 6.07) is 11.8. The van der Waals surface area contributed by atoms with Crippen molar-refractivity contribution in [3.8, 4) is 11.5 Å². The Morgan fingerprint density at radius 2 is 1.81 bits per heavy atom. The van der Waals surface area contributed by atoms with Gasteiger partial charge in [-0.25, -0.2) is 4.79 Å². The standard InChI is InChI=1S/C25H30N2O5/c1-25(2,3)32-24(29)26-10-8-18-13-21-22(14-19(18)9-11-26)31-16-23(28)27(21)15-17-6-5-7-20(12-17)30-4/h5-7,12-14H,8-11,15-16H2,1-4H3. The summed E-state index contributed by atoms with van der Waals surface area (Å²) in [7, 11) is 1.63. The zero-order valence-corrected chi connectivity index (χ0v) is 19.1. The van der Waals surface area contributed by atoms with Gasteiger partial charge in [-0.15, -0.1) is 0 Å². The first-order valence-corrected chi connectivity index (χ1v) is 10.9. The van der Waals surface area contributed by atoms with Crippen molar-refractivity contribution in [1.29, 1.82) is 0 Å². The van der Waals surface area contributed by atoms with E-state index in [9.17, 15) is 9.59 Å². The monoisotopic (exact) mass is 438 g/mol. The van der Waals surface area contributed by atoms with E-state index in [1.54, 1.807) is 16.9 Å². The summed E-state index contributed by atoms with van der Waals surface area (Å²) < 4.78 is 16.6. The van der Waals surface area contributed by atoms with Gasteiger partial charge in [0.2, 0.25) is 0 Å². The second kappa shape index (κ2) is 8.73. The zero-order valence-electron chi connectivity index (χ0n) is 19.1. The van der Waals surface area contributed by atoms with Crippen LogP contribution in [0.4, 0.5) is 10.5 Å². The lowest BCUT2D eigenvalue weighted by Crippen LogP contribution is -2.38. The third-order valence-corrected chi connectivity index (χ3v) is 5.65. The smallest absolute Gasteiger partial charge is 0.410 e. The molecule has 0 atom stereocenters. The van der Waals surface area contributed by atoms with Gasteiger partial charge in [0, 0.05) is 13.1 Å². The van der Waals surface area contributed by atoms with Gasteiger partial charge >= 0.3 is 6.09 Å². The number of hydrogen-bond acceptors (Lipinski definition) is 5. The molecule has 0 spiro atoms. The summed E-state index contributed by atoms with van der Waals surface area (Å²) >= 11 is 0. The molecule has 0 fully saturated rings. The molecule has 2 amide bonds. The fraction of sp³-hybridized carbons (Fsp3) is 0.440. The number of carbonyl (C=O) groups excluding carboxylic acids is 2. The number of hydrogen-bond donors (Lipinski definition) is 0. The van der Waals surface area contributed by atoms with Crippen LogP contribution in [0.5, 0.6) is 11.5 Å². The van der Waals surface area contributed by atoms with Crippen LogP contribution in [-0.2, 0) is 28.9 Å². The van der Waals surface area contributed by atoms with Crippen molar-refractivity contribution >= 4 is 17.7 Å². The molecular formula is C25H30N2O5. The molecule has 2 aromatic carbocycles. The second-order valence-corrected chi connectivity index (χ2v) is 9.18. The van der Waals surface area contributed by atoms with Crippen LogP contribution in [-0.4, -0.2) is 49.3 Å². The number of nitrogens with zero attached hydrogens (tertiary/aromatic N) is 2. The average Bonchev–Trinajstić information content (AvgIpc) is 2.96. The molecule has 7 nitrogen and oxygen atoms in total. The van der Waals surface area contributed by atoms with E-state index in [1.165, 1.54) is 0 Å². The minimum absolute atomic E-state index is 0.0137. The van der Waals surface area contributed by atoms with Crippen LogP contribution in [0.3, 0.4) is 0 Å². The molecule has 2 heterocycles. The molecule has 170 valence electrons. The van der Waals surface area contributed by atoms with E-state index in [1.807, 2.05) is 57.2 Å². The third kappa shape index (κ3) is 4.82. The molecule has 2 aliphatic heterocycles. The molecule has 0 aromatic heterocycles. The largest absolute Gasteiger partial charge is 0.497 e. The first kappa shape index (κ1) is 22.0. The van der Waals surface area contributed by atoms with Crippen LogP contribution in [0.2, 0.25) is 0 Å². The summed E-state index contributed by atoms with van der Waals surface area (Å²) in [6.45, 7) is 7.23. The van der Waals surface area contributed by atoms with E-state index >= 15 is 0 Å². The van der Waals surface area contributed by atoms with Crippen molar-refractivity contribution in [2.24, 2.45) is 0 Å². The Morgan fingerprint density at radius 1 is 1.09 bits per heavy atom. The van der Waals surface area contributed by atoms with Crippen LogP contribution >= 0.6 is 0 Å². The zero-order chi connectivity index (χ0) is 22.9. The Bertz CT molecular complexity index is 1030. The summed E-state index contributed by atoms with van der Waals surface area (Å²) in [5.41, 5.74) is 3.50. The number of rotatable bonds is 3. The highest BCUT2D eigenvalue weighted by atomic mass is 16.6. The van der Waals surface area contributed by atoms with Gasteiger partial charge in [-0.2, -0.15) is 0 Å².